The summed E-state index contributed by atoms with van der Waals surface area (Å²) in [7, 11) is 1.73. The fraction of sp³-hybridized carbons (Fsp3) is 0.417. The highest BCUT2D eigenvalue weighted by Gasteiger charge is 2.11. The predicted octanol–water partition coefficient (Wildman–Crippen LogP) is 1.09. The maximum atomic E-state index is 11.6. The maximum absolute atomic E-state index is 11.6. The zero-order valence-electron chi connectivity index (χ0n) is 9.68. The third kappa shape index (κ3) is 3.90. The molecule has 0 aromatic heterocycles. The van der Waals surface area contributed by atoms with Crippen molar-refractivity contribution in [2.24, 2.45) is 5.73 Å². The molecule has 4 heteroatoms. The Labute approximate surface area is 95.7 Å². The van der Waals surface area contributed by atoms with Gasteiger partial charge in [-0.15, -0.1) is 0 Å². The Bertz CT molecular complexity index is 364. The van der Waals surface area contributed by atoms with E-state index in [1.807, 2.05) is 6.07 Å². The number of hydrogen-bond acceptors (Lipinski definition) is 3. The van der Waals surface area contributed by atoms with Gasteiger partial charge in [0.25, 0.3) is 0 Å². The van der Waals surface area contributed by atoms with Crippen molar-refractivity contribution in [3.63, 3.8) is 0 Å². The molecule has 1 aromatic carbocycles. The fourth-order valence-electron chi connectivity index (χ4n) is 1.45. The molecule has 0 heterocycles. The number of benzene rings is 1. The van der Waals surface area contributed by atoms with Crippen molar-refractivity contribution in [2.75, 3.05) is 7.05 Å². The Morgan fingerprint density at radius 2 is 2.25 bits per heavy atom. The smallest absolute Gasteiger partial charge is 0.224 e. The van der Waals surface area contributed by atoms with E-state index in [1.165, 1.54) is 0 Å². The summed E-state index contributed by atoms with van der Waals surface area (Å²) >= 11 is 0. The quantitative estimate of drug-likeness (QED) is 0.801. The van der Waals surface area contributed by atoms with Crippen LogP contribution in [0.1, 0.15) is 18.9 Å². The van der Waals surface area contributed by atoms with Crippen LogP contribution in [-0.2, 0) is 11.3 Å². The lowest BCUT2D eigenvalue weighted by Gasteiger charge is -2.18. The van der Waals surface area contributed by atoms with Crippen molar-refractivity contribution in [1.29, 1.82) is 0 Å². The average Bonchev–Trinajstić information content (AvgIpc) is 2.16. The van der Waals surface area contributed by atoms with Crippen LogP contribution in [0.5, 0.6) is 5.75 Å². The molecule has 1 atom stereocenters. The zero-order valence-corrected chi connectivity index (χ0v) is 9.68. The van der Waals surface area contributed by atoms with Gasteiger partial charge in [0, 0.05) is 26.1 Å². The Morgan fingerprint density at radius 3 is 2.81 bits per heavy atom. The van der Waals surface area contributed by atoms with Crippen molar-refractivity contribution in [1.82, 2.24) is 4.90 Å². The van der Waals surface area contributed by atoms with Crippen molar-refractivity contribution >= 4 is 5.91 Å². The van der Waals surface area contributed by atoms with Gasteiger partial charge < -0.3 is 15.7 Å². The van der Waals surface area contributed by atoms with Crippen LogP contribution < -0.4 is 5.73 Å². The van der Waals surface area contributed by atoms with Crippen LogP contribution >= 0.6 is 0 Å². The number of phenolic OH excluding ortho intramolecular Hbond substituents is 1. The molecule has 0 bridgehead atoms. The van der Waals surface area contributed by atoms with Gasteiger partial charge in [-0.05, 0) is 24.6 Å². The largest absolute Gasteiger partial charge is 0.508 e. The van der Waals surface area contributed by atoms with Crippen molar-refractivity contribution < 1.29 is 9.90 Å². The molecule has 0 aliphatic heterocycles. The van der Waals surface area contributed by atoms with Crippen molar-refractivity contribution in [2.45, 2.75) is 25.9 Å². The number of phenols is 1. The lowest BCUT2D eigenvalue weighted by atomic mass is 10.2. The first kappa shape index (κ1) is 12.5. The van der Waals surface area contributed by atoms with Gasteiger partial charge in [0.05, 0.1) is 0 Å². The molecule has 0 saturated heterocycles. The highest BCUT2D eigenvalue weighted by atomic mass is 16.3. The van der Waals surface area contributed by atoms with Crippen LogP contribution in [0.2, 0.25) is 0 Å². The second-order valence-corrected chi connectivity index (χ2v) is 4.10. The number of carbonyl (C=O) groups excluding carboxylic acids is 1. The van der Waals surface area contributed by atoms with Crippen molar-refractivity contribution in [3.8, 4) is 5.75 Å². The predicted molar refractivity (Wildman–Crippen MR) is 62.8 cm³/mol. The SMILES string of the molecule is CC(N)CC(=O)N(C)Cc1cccc(O)c1. The van der Waals surface area contributed by atoms with Crippen LogP contribution in [-0.4, -0.2) is 29.0 Å². The lowest BCUT2D eigenvalue weighted by Crippen LogP contribution is -2.31. The van der Waals surface area contributed by atoms with Crippen molar-refractivity contribution in [3.05, 3.63) is 29.8 Å². The van der Waals surface area contributed by atoms with Gasteiger partial charge in [0.15, 0.2) is 0 Å². The first-order chi connectivity index (χ1) is 7.49. The van der Waals surface area contributed by atoms with E-state index in [9.17, 15) is 9.90 Å². The van der Waals surface area contributed by atoms with E-state index >= 15 is 0 Å². The molecule has 1 amide bonds. The number of amides is 1. The Kier molecular flexibility index (Phi) is 4.31. The van der Waals surface area contributed by atoms with E-state index in [0.29, 0.717) is 13.0 Å². The number of nitrogens with zero attached hydrogens (tertiary/aromatic N) is 1. The standard InChI is InChI=1S/C12H18N2O2/c1-9(13)6-12(16)14(2)8-10-4-3-5-11(15)7-10/h3-5,7,9,15H,6,8,13H2,1-2H3. The van der Waals surface area contributed by atoms with Gasteiger partial charge >= 0.3 is 0 Å². The molecule has 88 valence electrons. The molecular weight excluding hydrogens is 204 g/mol. The fourth-order valence-corrected chi connectivity index (χ4v) is 1.45. The van der Waals surface area contributed by atoms with Crippen LogP contribution in [0.25, 0.3) is 0 Å². The molecule has 1 rings (SSSR count). The van der Waals surface area contributed by atoms with Gasteiger partial charge in [0.2, 0.25) is 5.91 Å². The number of hydrogen-bond donors (Lipinski definition) is 2. The highest BCUT2D eigenvalue weighted by Crippen LogP contribution is 2.12. The maximum Gasteiger partial charge on any atom is 0.224 e. The second kappa shape index (κ2) is 5.51. The summed E-state index contributed by atoms with van der Waals surface area (Å²) in [6.45, 7) is 2.29. The van der Waals surface area contributed by atoms with Gasteiger partial charge in [0.1, 0.15) is 5.75 Å². The third-order valence-corrected chi connectivity index (χ3v) is 2.25. The molecule has 0 fully saturated rings. The first-order valence-electron chi connectivity index (χ1n) is 5.26. The van der Waals surface area contributed by atoms with E-state index in [2.05, 4.69) is 0 Å². The Balaban J connectivity index is 2.57. The summed E-state index contributed by atoms with van der Waals surface area (Å²) in [6, 6.07) is 6.76. The molecular formula is C12H18N2O2. The summed E-state index contributed by atoms with van der Waals surface area (Å²) < 4.78 is 0. The minimum absolute atomic E-state index is 0.0124. The normalized spacial score (nSPS) is 12.2. The minimum Gasteiger partial charge on any atom is -0.508 e. The summed E-state index contributed by atoms with van der Waals surface area (Å²) in [6.07, 6.45) is 0.343. The van der Waals surface area contributed by atoms with Gasteiger partial charge in [-0.1, -0.05) is 12.1 Å². The van der Waals surface area contributed by atoms with E-state index in [-0.39, 0.29) is 17.7 Å². The molecule has 1 unspecified atom stereocenters. The highest BCUT2D eigenvalue weighted by molar-refractivity contribution is 5.76. The molecule has 4 nitrogen and oxygen atoms in total. The summed E-state index contributed by atoms with van der Waals surface area (Å²) in [5, 5.41) is 9.29. The van der Waals surface area contributed by atoms with Crippen LogP contribution in [0.15, 0.2) is 24.3 Å². The van der Waals surface area contributed by atoms with Crippen LogP contribution in [0.3, 0.4) is 0 Å². The monoisotopic (exact) mass is 222 g/mol. The lowest BCUT2D eigenvalue weighted by molar-refractivity contribution is -0.130. The number of rotatable bonds is 4. The summed E-state index contributed by atoms with van der Waals surface area (Å²) in [5.41, 5.74) is 6.46. The first-order valence-corrected chi connectivity index (χ1v) is 5.26. The van der Waals surface area contributed by atoms with E-state index in [1.54, 1.807) is 37.1 Å². The van der Waals surface area contributed by atoms with E-state index in [0.717, 1.165) is 5.56 Å². The third-order valence-electron chi connectivity index (χ3n) is 2.25. The average molecular weight is 222 g/mol. The Morgan fingerprint density at radius 1 is 1.56 bits per heavy atom. The number of aromatic hydroxyl groups is 1. The molecule has 16 heavy (non-hydrogen) atoms. The molecule has 0 aliphatic rings. The van der Waals surface area contributed by atoms with Crippen LogP contribution in [0.4, 0.5) is 0 Å². The van der Waals surface area contributed by atoms with Gasteiger partial charge in [-0.3, -0.25) is 4.79 Å². The molecule has 1 aromatic rings. The topological polar surface area (TPSA) is 66.6 Å². The molecule has 0 radical (unpaired) electrons. The number of carbonyl (C=O) groups is 1. The Hall–Kier alpha value is -1.55. The van der Waals surface area contributed by atoms with E-state index in [4.69, 9.17) is 5.73 Å². The molecule has 0 spiro atoms. The summed E-state index contributed by atoms with van der Waals surface area (Å²) in [5.74, 6) is 0.226. The minimum atomic E-state index is -0.126. The summed E-state index contributed by atoms with van der Waals surface area (Å²) in [4.78, 5) is 13.2. The zero-order chi connectivity index (χ0) is 12.1. The molecule has 3 N–H and O–H groups in total. The van der Waals surface area contributed by atoms with Crippen LogP contribution in [0, 0.1) is 0 Å². The van der Waals surface area contributed by atoms with E-state index < -0.39 is 0 Å². The molecule has 0 aliphatic carbocycles. The second-order valence-electron chi connectivity index (χ2n) is 4.10. The number of nitrogens with two attached hydrogens (primary N) is 1. The molecule has 0 saturated carbocycles. The van der Waals surface area contributed by atoms with Gasteiger partial charge in [-0.2, -0.15) is 0 Å². The van der Waals surface area contributed by atoms with Gasteiger partial charge in [-0.25, -0.2) is 0 Å².